The molecule has 0 amide bonds. The van der Waals surface area contributed by atoms with E-state index in [1.54, 1.807) is 6.92 Å². The third-order valence-corrected chi connectivity index (χ3v) is 3.20. The number of hydrogen-bond acceptors (Lipinski definition) is 5. The van der Waals surface area contributed by atoms with Gasteiger partial charge in [-0.25, -0.2) is 0 Å². The minimum Gasteiger partial charge on any atom is -0.394 e. The topological polar surface area (TPSA) is 95.6 Å². The second-order valence-corrected chi connectivity index (χ2v) is 4.56. The summed E-state index contributed by atoms with van der Waals surface area (Å²) in [6.45, 7) is 0.403. The number of benzene rings is 1. The molecule has 0 saturated carbocycles. The summed E-state index contributed by atoms with van der Waals surface area (Å²) >= 11 is 0. The Balaban J connectivity index is 3.32. The molecular formula is C12H15F3N2O4. The third-order valence-electron chi connectivity index (χ3n) is 3.20. The van der Waals surface area contributed by atoms with Crippen LogP contribution >= 0.6 is 0 Å². The van der Waals surface area contributed by atoms with Gasteiger partial charge in [0, 0.05) is 17.8 Å². The van der Waals surface area contributed by atoms with Crippen molar-refractivity contribution in [2.75, 3.05) is 18.5 Å². The fourth-order valence-corrected chi connectivity index (χ4v) is 1.72. The maximum Gasteiger partial charge on any atom is 0.418 e. The average molecular weight is 308 g/mol. The highest BCUT2D eigenvalue weighted by Crippen LogP contribution is 2.38. The molecule has 0 aromatic heterocycles. The number of alkyl halides is 3. The van der Waals surface area contributed by atoms with Gasteiger partial charge in [-0.05, 0) is 12.5 Å². The van der Waals surface area contributed by atoms with E-state index in [9.17, 15) is 33.5 Å². The first-order chi connectivity index (χ1) is 9.69. The first kappa shape index (κ1) is 17.2. The molecular weight excluding hydrogens is 293 g/mol. The Morgan fingerprint density at radius 1 is 1.29 bits per heavy atom. The molecule has 0 saturated heterocycles. The van der Waals surface area contributed by atoms with Crippen molar-refractivity contribution in [1.29, 1.82) is 0 Å². The predicted octanol–water partition coefficient (Wildman–Crippen LogP) is 2.16. The maximum absolute atomic E-state index is 13.0. The first-order valence-corrected chi connectivity index (χ1v) is 6.04. The lowest BCUT2D eigenvalue weighted by atomic mass is 9.97. The Morgan fingerprint density at radius 2 is 1.86 bits per heavy atom. The Bertz CT molecular complexity index is 507. The molecule has 0 spiro atoms. The molecule has 1 rings (SSSR count). The van der Waals surface area contributed by atoms with Crippen LogP contribution in [0, 0.1) is 10.1 Å². The van der Waals surface area contributed by atoms with Crippen LogP contribution in [-0.2, 0) is 6.18 Å². The molecule has 21 heavy (non-hydrogen) atoms. The van der Waals surface area contributed by atoms with E-state index in [-0.39, 0.29) is 6.42 Å². The standard InChI is InChI=1S/C12H15F3N2O4/c1-2-11(6-18,7-19)16-10-4-3-8(17(20)21)5-9(10)12(13,14)15/h3-5,16,18-19H,2,6-7H2,1H3. The zero-order chi connectivity index (χ0) is 16.3. The van der Waals surface area contributed by atoms with Crippen LogP contribution in [0.25, 0.3) is 0 Å². The fourth-order valence-electron chi connectivity index (χ4n) is 1.72. The molecule has 0 radical (unpaired) electrons. The number of aliphatic hydroxyl groups excluding tert-OH is 2. The zero-order valence-corrected chi connectivity index (χ0v) is 11.1. The number of anilines is 1. The summed E-state index contributed by atoms with van der Waals surface area (Å²) < 4.78 is 39.0. The summed E-state index contributed by atoms with van der Waals surface area (Å²) in [5.74, 6) is 0. The Hall–Kier alpha value is -1.87. The van der Waals surface area contributed by atoms with E-state index in [1.165, 1.54) is 0 Å². The lowest BCUT2D eigenvalue weighted by molar-refractivity contribution is -0.385. The molecule has 3 N–H and O–H groups in total. The van der Waals surface area contributed by atoms with E-state index in [4.69, 9.17) is 0 Å². The highest BCUT2D eigenvalue weighted by atomic mass is 19.4. The van der Waals surface area contributed by atoms with Crippen LogP contribution in [0.4, 0.5) is 24.5 Å². The van der Waals surface area contributed by atoms with Crippen molar-refractivity contribution < 1.29 is 28.3 Å². The largest absolute Gasteiger partial charge is 0.418 e. The van der Waals surface area contributed by atoms with E-state index >= 15 is 0 Å². The minimum absolute atomic E-state index is 0.161. The maximum atomic E-state index is 13.0. The van der Waals surface area contributed by atoms with Crippen molar-refractivity contribution in [2.45, 2.75) is 25.1 Å². The Morgan fingerprint density at radius 3 is 2.24 bits per heavy atom. The molecule has 0 aliphatic heterocycles. The Kier molecular flexibility index (Phi) is 5.13. The smallest absolute Gasteiger partial charge is 0.394 e. The van der Waals surface area contributed by atoms with Crippen LogP contribution < -0.4 is 5.32 Å². The van der Waals surface area contributed by atoms with Crippen LogP contribution in [0.5, 0.6) is 0 Å². The Labute approximate surface area is 118 Å². The minimum atomic E-state index is -4.81. The summed E-state index contributed by atoms with van der Waals surface area (Å²) in [6.07, 6.45) is -4.65. The summed E-state index contributed by atoms with van der Waals surface area (Å²) in [4.78, 5) is 9.66. The van der Waals surface area contributed by atoms with Crippen molar-refractivity contribution in [3.05, 3.63) is 33.9 Å². The van der Waals surface area contributed by atoms with Gasteiger partial charge in [-0.1, -0.05) is 6.92 Å². The van der Waals surface area contributed by atoms with Gasteiger partial charge in [-0.15, -0.1) is 0 Å². The number of halogens is 3. The van der Waals surface area contributed by atoms with Crippen molar-refractivity contribution in [3.63, 3.8) is 0 Å². The molecule has 0 aliphatic carbocycles. The van der Waals surface area contributed by atoms with Crippen LogP contribution in [0.2, 0.25) is 0 Å². The first-order valence-electron chi connectivity index (χ1n) is 6.04. The molecule has 0 bridgehead atoms. The summed E-state index contributed by atoms with van der Waals surface area (Å²) in [7, 11) is 0. The van der Waals surface area contributed by atoms with Crippen LogP contribution in [0.15, 0.2) is 18.2 Å². The average Bonchev–Trinajstić information content (AvgIpc) is 2.43. The summed E-state index contributed by atoms with van der Waals surface area (Å²) in [6, 6.07) is 2.25. The predicted molar refractivity (Wildman–Crippen MR) is 68.9 cm³/mol. The molecule has 1 aromatic rings. The van der Waals surface area contributed by atoms with Crippen LogP contribution in [-0.4, -0.2) is 33.9 Å². The van der Waals surface area contributed by atoms with E-state index in [0.717, 1.165) is 12.1 Å². The highest BCUT2D eigenvalue weighted by molar-refractivity contribution is 5.58. The van der Waals surface area contributed by atoms with Gasteiger partial charge in [0.1, 0.15) is 0 Å². The number of non-ortho nitro benzene ring substituents is 1. The van der Waals surface area contributed by atoms with Crippen molar-refractivity contribution in [3.8, 4) is 0 Å². The number of hydrogen-bond donors (Lipinski definition) is 3. The number of aliphatic hydroxyl groups is 2. The van der Waals surface area contributed by atoms with Crippen molar-refractivity contribution in [2.24, 2.45) is 0 Å². The molecule has 0 fully saturated rings. The van der Waals surface area contributed by atoms with Crippen molar-refractivity contribution in [1.82, 2.24) is 0 Å². The monoisotopic (exact) mass is 308 g/mol. The lowest BCUT2D eigenvalue weighted by Gasteiger charge is -2.32. The highest BCUT2D eigenvalue weighted by Gasteiger charge is 2.37. The quantitative estimate of drug-likeness (QED) is 0.553. The van der Waals surface area contributed by atoms with Crippen LogP contribution in [0.3, 0.4) is 0 Å². The molecule has 0 atom stereocenters. The number of nitro benzene ring substituents is 1. The van der Waals surface area contributed by atoms with Gasteiger partial charge in [-0.3, -0.25) is 10.1 Å². The third kappa shape index (κ3) is 3.82. The van der Waals surface area contributed by atoms with Crippen molar-refractivity contribution >= 4 is 11.4 Å². The molecule has 0 heterocycles. The normalized spacial score (nSPS) is 12.3. The summed E-state index contributed by atoms with van der Waals surface area (Å²) in [5, 5.41) is 31.5. The molecule has 0 unspecified atom stereocenters. The van der Waals surface area contributed by atoms with Gasteiger partial charge in [0.2, 0.25) is 0 Å². The van der Waals surface area contributed by atoms with Crippen LogP contribution in [0.1, 0.15) is 18.9 Å². The van der Waals surface area contributed by atoms with Gasteiger partial charge in [-0.2, -0.15) is 13.2 Å². The van der Waals surface area contributed by atoms with E-state index in [2.05, 4.69) is 5.32 Å². The van der Waals surface area contributed by atoms with Gasteiger partial charge in [0.25, 0.3) is 5.69 Å². The van der Waals surface area contributed by atoms with E-state index in [0.29, 0.717) is 6.07 Å². The lowest BCUT2D eigenvalue weighted by Crippen LogP contribution is -2.45. The molecule has 9 heteroatoms. The second-order valence-electron chi connectivity index (χ2n) is 4.56. The number of nitro groups is 1. The van der Waals surface area contributed by atoms with Gasteiger partial charge >= 0.3 is 6.18 Å². The van der Waals surface area contributed by atoms with E-state index in [1.807, 2.05) is 0 Å². The molecule has 118 valence electrons. The number of nitrogens with one attached hydrogen (secondary N) is 1. The molecule has 1 aromatic carbocycles. The van der Waals surface area contributed by atoms with Gasteiger partial charge in [0.05, 0.1) is 29.2 Å². The molecule has 0 aliphatic rings. The van der Waals surface area contributed by atoms with Gasteiger partial charge < -0.3 is 15.5 Å². The zero-order valence-electron chi connectivity index (χ0n) is 11.1. The second kappa shape index (κ2) is 6.27. The van der Waals surface area contributed by atoms with E-state index < -0.39 is 46.8 Å². The van der Waals surface area contributed by atoms with Gasteiger partial charge in [0.15, 0.2) is 0 Å². The number of rotatable bonds is 6. The number of nitrogens with zero attached hydrogens (tertiary/aromatic N) is 1. The summed E-state index contributed by atoms with van der Waals surface area (Å²) in [5.41, 5.74) is -3.69. The molecule has 6 nitrogen and oxygen atoms in total. The fraction of sp³-hybridized carbons (Fsp3) is 0.500. The SMILES string of the molecule is CCC(CO)(CO)Nc1ccc([N+](=O)[O-])cc1C(F)(F)F.